The maximum absolute atomic E-state index is 13.3. The van der Waals surface area contributed by atoms with Gasteiger partial charge in [-0.15, -0.1) is 0 Å². The maximum Gasteiger partial charge on any atom is 0.339 e. The Balaban J connectivity index is 1.27. The summed E-state index contributed by atoms with van der Waals surface area (Å²) < 4.78 is 6.23. The molecule has 0 saturated heterocycles. The van der Waals surface area contributed by atoms with Gasteiger partial charge in [-0.05, 0) is 135 Å². The van der Waals surface area contributed by atoms with E-state index >= 15 is 0 Å². The summed E-state index contributed by atoms with van der Waals surface area (Å²) in [5.74, 6) is 1.78. The highest BCUT2D eigenvalue weighted by Crippen LogP contribution is 2.77. The maximum atomic E-state index is 13.3. The van der Waals surface area contributed by atoms with Gasteiger partial charge in [0.15, 0.2) is 0 Å². The van der Waals surface area contributed by atoms with E-state index in [1.165, 1.54) is 63.0 Å². The normalized spacial score (nSPS) is 45.5. The lowest BCUT2D eigenvalue weighted by Gasteiger charge is -2.73. The molecule has 5 aliphatic rings. The van der Waals surface area contributed by atoms with Crippen molar-refractivity contribution >= 4 is 11.9 Å². The van der Waals surface area contributed by atoms with Gasteiger partial charge in [0, 0.05) is 5.41 Å². The zero-order valence-electron chi connectivity index (χ0n) is 27.2. The summed E-state index contributed by atoms with van der Waals surface area (Å²) >= 11 is 0. The number of carboxylic acids is 1. The lowest BCUT2D eigenvalue weighted by molar-refractivity contribution is -0.246. The summed E-state index contributed by atoms with van der Waals surface area (Å²) in [7, 11) is 0. The third-order valence-electron chi connectivity index (χ3n) is 15.0. The highest BCUT2D eigenvalue weighted by atomic mass is 16.5. The molecule has 1 N–H and O–H groups in total. The van der Waals surface area contributed by atoms with Crippen molar-refractivity contribution in [2.45, 2.75) is 119 Å². The number of hydrogen-bond acceptors (Lipinski definition) is 3. The fourth-order valence-corrected chi connectivity index (χ4v) is 12.7. The molecule has 0 aliphatic heterocycles. The first kappa shape index (κ1) is 29.9. The average molecular weight is 575 g/mol. The first-order chi connectivity index (χ1) is 19.6. The molecule has 0 bridgehead atoms. The van der Waals surface area contributed by atoms with Crippen molar-refractivity contribution < 1.29 is 19.4 Å². The molecule has 230 valence electrons. The first-order valence-electron chi connectivity index (χ1n) is 16.8. The van der Waals surface area contributed by atoms with E-state index in [4.69, 9.17) is 4.74 Å². The molecule has 0 radical (unpaired) electrons. The minimum atomic E-state index is -1.09. The second kappa shape index (κ2) is 9.70. The number of carbonyl (C=O) groups excluding carboxylic acids is 1. The standard InChI is InChI=1S/C38H54O4/c1-23(2)24-15-18-35(5)21-22-37(7)27(31(24)35)13-14-29-36(6)19-17-30(34(3,4)28(36)16-20-38(29,37)8)42-33(41)26-12-10-9-11-25(26)32(39)40/h9-12,24,27-31H,1,13-22H2,2-8H3,(H,39,40). The number of aromatic carboxylic acids is 1. The fourth-order valence-electron chi connectivity index (χ4n) is 12.7. The van der Waals surface area contributed by atoms with Crippen LogP contribution < -0.4 is 0 Å². The van der Waals surface area contributed by atoms with Crippen molar-refractivity contribution in [1.82, 2.24) is 0 Å². The molecule has 5 fully saturated rings. The number of allylic oxidation sites excluding steroid dienone is 1. The Labute approximate surface area is 254 Å². The third-order valence-corrected chi connectivity index (χ3v) is 15.0. The molecular formula is C38H54O4. The molecule has 42 heavy (non-hydrogen) atoms. The summed E-state index contributed by atoms with van der Waals surface area (Å²) in [5, 5.41) is 9.64. The summed E-state index contributed by atoms with van der Waals surface area (Å²) in [4.78, 5) is 25.1. The van der Waals surface area contributed by atoms with Gasteiger partial charge in [-0.1, -0.05) is 65.8 Å². The van der Waals surface area contributed by atoms with Gasteiger partial charge in [0.1, 0.15) is 6.10 Å². The van der Waals surface area contributed by atoms with Gasteiger partial charge in [0.2, 0.25) is 0 Å². The number of rotatable bonds is 4. The van der Waals surface area contributed by atoms with Crippen molar-refractivity contribution in [2.75, 3.05) is 0 Å². The van der Waals surface area contributed by atoms with Crippen LogP contribution in [0.15, 0.2) is 36.4 Å². The van der Waals surface area contributed by atoms with Gasteiger partial charge in [-0.3, -0.25) is 0 Å². The number of ether oxygens (including phenoxy) is 1. The van der Waals surface area contributed by atoms with Crippen LogP contribution in [0.4, 0.5) is 0 Å². The van der Waals surface area contributed by atoms with E-state index in [2.05, 4.69) is 55.0 Å². The van der Waals surface area contributed by atoms with Crippen LogP contribution in [-0.2, 0) is 4.74 Å². The molecule has 0 aromatic heterocycles. The quantitative estimate of drug-likeness (QED) is 0.287. The number of benzene rings is 1. The predicted octanol–water partition coefficient (Wildman–Crippen LogP) is 9.59. The van der Waals surface area contributed by atoms with E-state index in [-0.39, 0.29) is 28.1 Å². The Bertz CT molecular complexity index is 1300. The topological polar surface area (TPSA) is 63.6 Å². The Kier molecular flexibility index (Phi) is 6.92. The molecular weight excluding hydrogens is 520 g/mol. The van der Waals surface area contributed by atoms with Crippen molar-refractivity contribution in [3.05, 3.63) is 47.5 Å². The molecule has 5 aliphatic carbocycles. The smallest absolute Gasteiger partial charge is 0.339 e. The second-order valence-corrected chi connectivity index (χ2v) is 16.9. The monoisotopic (exact) mass is 574 g/mol. The van der Waals surface area contributed by atoms with Crippen molar-refractivity contribution in [2.24, 2.45) is 56.7 Å². The molecule has 0 heterocycles. The zero-order chi connectivity index (χ0) is 30.5. The van der Waals surface area contributed by atoms with E-state index in [0.717, 1.165) is 24.7 Å². The summed E-state index contributed by atoms with van der Waals surface area (Å²) in [6.45, 7) is 22.0. The molecule has 1 aromatic carbocycles. The van der Waals surface area contributed by atoms with Crippen molar-refractivity contribution in [3.8, 4) is 0 Å². The minimum Gasteiger partial charge on any atom is -0.478 e. The SMILES string of the molecule is C=C(C)C1CCC2(C)CCC3(C)C(CCC4C5(C)CCC(OC(=O)c6ccccc6C(=O)O)C(C)(C)C5CCC43C)C12. The lowest BCUT2D eigenvalue weighted by atomic mass is 9.32. The van der Waals surface area contributed by atoms with Crippen molar-refractivity contribution in [3.63, 3.8) is 0 Å². The van der Waals surface area contributed by atoms with Crippen molar-refractivity contribution in [1.29, 1.82) is 0 Å². The van der Waals surface area contributed by atoms with Crippen LogP contribution in [0.5, 0.6) is 0 Å². The summed E-state index contributed by atoms with van der Waals surface area (Å²) in [5.41, 5.74) is 2.74. The highest BCUT2D eigenvalue weighted by molar-refractivity contribution is 6.02. The van der Waals surface area contributed by atoms with Crippen LogP contribution in [0.2, 0.25) is 0 Å². The number of carboxylic acid groups (broad SMARTS) is 1. The molecule has 0 amide bonds. The van der Waals surface area contributed by atoms with Crippen LogP contribution >= 0.6 is 0 Å². The van der Waals surface area contributed by atoms with Gasteiger partial charge in [0.05, 0.1) is 11.1 Å². The van der Waals surface area contributed by atoms with E-state index < -0.39 is 11.9 Å². The number of fused-ring (bicyclic) bond motifs is 7. The van der Waals surface area contributed by atoms with E-state index in [9.17, 15) is 14.7 Å². The zero-order valence-corrected chi connectivity index (χ0v) is 27.2. The fraction of sp³-hybridized carbons (Fsp3) is 0.737. The molecule has 10 atom stereocenters. The number of hydrogen-bond donors (Lipinski definition) is 1. The van der Waals surface area contributed by atoms with Crippen LogP contribution in [-0.4, -0.2) is 23.1 Å². The highest BCUT2D eigenvalue weighted by Gasteiger charge is 2.70. The molecule has 4 heteroatoms. The van der Waals surface area contributed by atoms with E-state index in [0.29, 0.717) is 34.0 Å². The van der Waals surface area contributed by atoms with Crippen LogP contribution in [0, 0.1) is 56.7 Å². The summed E-state index contributed by atoms with van der Waals surface area (Å²) in [6.07, 6.45) is 12.2. The predicted molar refractivity (Wildman–Crippen MR) is 167 cm³/mol. The largest absolute Gasteiger partial charge is 0.478 e. The van der Waals surface area contributed by atoms with Gasteiger partial charge in [-0.2, -0.15) is 0 Å². The Morgan fingerprint density at radius 3 is 2.17 bits per heavy atom. The van der Waals surface area contributed by atoms with Gasteiger partial charge < -0.3 is 9.84 Å². The molecule has 10 unspecified atom stereocenters. The van der Waals surface area contributed by atoms with Crippen LogP contribution in [0.1, 0.15) is 133 Å². The summed E-state index contributed by atoms with van der Waals surface area (Å²) in [6, 6.07) is 6.43. The first-order valence-corrected chi connectivity index (χ1v) is 16.8. The molecule has 6 rings (SSSR count). The Morgan fingerprint density at radius 1 is 0.810 bits per heavy atom. The van der Waals surface area contributed by atoms with Crippen LogP contribution in [0.25, 0.3) is 0 Å². The second-order valence-electron chi connectivity index (χ2n) is 16.9. The Hall–Kier alpha value is -2.10. The number of carbonyl (C=O) groups is 2. The van der Waals surface area contributed by atoms with Gasteiger partial charge in [0.25, 0.3) is 0 Å². The van der Waals surface area contributed by atoms with Gasteiger partial charge >= 0.3 is 11.9 Å². The van der Waals surface area contributed by atoms with E-state index in [1.54, 1.807) is 18.2 Å². The minimum absolute atomic E-state index is 0.0131. The molecule has 0 spiro atoms. The van der Waals surface area contributed by atoms with Crippen LogP contribution in [0.3, 0.4) is 0 Å². The van der Waals surface area contributed by atoms with E-state index in [1.807, 2.05) is 0 Å². The molecule has 4 nitrogen and oxygen atoms in total. The number of esters is 1. The molecule has 5 saturated carbocycles. The third kappa shape index (κ3) is 3.98. The lowest BCUT2D eigenvalue weighted by Crippen LogP contribution is -2.66. The molecule has 1 aromatic rings. The average Bonchev–Trinajstić information content (AvgIpc) is 3.28. The Morgan fingerprint density at radius 2 is 1.50 bits per heavy atom. The van der Waals surface area contributed by atoms with Gasteiger partial charge in [-0.25, -0.2) is 9.59 Å².